The summed E-state index contributed by atoms with van der Waals surface area (Å²) in [5.41, 5.74) is 2.23. The van der Waals surface area contributed by atoms with E-state index in [2.05, 4.69) is 0 Å². The van der Waals surface area contributed by atoms with Crippen molar-refractivity contribution in [2.24, 2.45) is 0 Å². The predicted molar refractivity (Wildman–Crippen MR) is 80.7 cm³/mol. The van der Waals surface area contributed by atoms with Gasteiger partial charge in [0.1, 0.15) is 0 Å². The van der Waals surface area contributed by atoms with Gasteiger partial charge in [0.2, 0.25) is 0 Å². The van der Waals surface area contributed by atoms with Gasteiger partial charge < -0.3 is 0 Å². The van der Waals surface area contributed by atoms with Crippen molar-refractivity contribution in [3.05, 3.63) is 68.2 Å². The van der Waals surface area contributed by atoms with E-state index < -0.39 is 0 Å². The molecule has 0 amide bonds. The third-order valence-electron chi connectivity index (χ3n) is 2.86. The van der Waals surface area contributed by atoms with E-state index in [0.29, 0.717) is 20.6 Å². The molecule has 19 heavy (non-hydrogen) atoms. The van der Waals surface area contributed by atoms with Gasteiger partial charge in [-0.15, -0.1) is 0 Å². The number of halogens is 3. The highest BCUT2D eigenvalue weighted by molar-refractivity contribution is 6.34. The van der Waals surface area contributed by atoms with E-state index in [4.69, 9.17) is 34.8 Å². The molecule has 2 aromatic rings. The van der Waals surface area contributed by atoms with Crippen molar-refractivity contribution >= 4 is 40.6 Å². The second-order valence-corrected chi connectivity index (χ2v) is 5.57. The lowest BCUT2D eigenvalue weighted by Gasteiger charge is -2.07. The Morgan fingerprint density at radius 1 is 1.00 bits per heavy atom. The Balaban J connectivity index is 2.30. The summed E-state index contributed by atoms with van der Waals surface area (Å²) in [6.07, 6.45) is 0.209. The third kappa shape index (κ3) is 3.50. The molecule has 0 saturated heterocycles. The Labute approximate surface area is 127 Å². The van der Waals surface area contributed by atoms with Crippen molar-refractivity contribution in [1.29, 1.82) is 0 Å². The zero-order chi connectivity index (χ0) is 14.0. The van der Waals surface area contributed by atoms with Gasteiger partial charge >= 0.3 is 0 Å². The average Bonchev–Trinajstić information content (AvgIpc) is 2.36. The summed E-state index contributed by atoms with van der Waals surface area (Å²) in [6.45, 7) is 1.88. The van der Waals surface area contributed by atoms with Crippen LogP contribution in [0, 0.1) is 6.92 Å². The van der Waals surface area contributed by atoms with Gasteiger partial charge in [0.15, 0.2) is 5.78 Å². The minimum absolute atomic E-state index is 0.0239. The Hall–Kier alpha value is -1.02. The van der Waals surface area contributed by atoms with E-state index in [0.717, 1.165) is 11.1 Å². The van der Waals surface area contributed by atoms with Crippen LogP contribution in [0.5, 0.6) is 0 Å². The maximum absolute atomic E-state index is 12.3. The molecule has 0 aromatic heterocycles. The molecule has 0 radical (unpaired) electrons. The molecular weight excluding hydrogens is 303 g/mol. The molecule has 0 N–H and O–H groups in total. The molecule has 2 aromatic carbocycles. The lowest BCUT2D eigenvalue weighted by Crippen LogP contribution is -2.06. The Morgan fingerprint density at radius 2 is 1.63 bits per heavy atom. The third-order valence-corrected chi connectivity index (χ3v) is 3.70. The first-order valence-electron chi connectivity index (χ1n) is 5.70. The van der Waals surface area contributed by atoms with Crippen LogP contribution in [0.4, 0.5) is 0 Å². The minimum atomic E-state index is -0.0239. The molecule has 2 rings (SSSR count). The second kappa shape index (κ2) is 5.96. The van der Waals surface area contributed by atoms with Gasteiger partial charge in [-0.3, -0.25) is 4.79 Å². The fraction of sp³-hybridized carbons (Fsp3) is 0.133. The fourth-order valence-corrected chi connectivity index (χ4v) is 2.39. The number of Topliss-reactive ketones (excluding diaryl/α,β-unsaturated/α-hetero) is 1. The van der Waals surface area contributed by atoms with Crippen LogP contribution in [0.25, 0.3) is 0 Å². The van der Waals surface area contributed by atoms with Crippen molar-refractivity contribution in [3.63, 3.8) is 0 Å². The van der Waals surface area contributed by atoms with E-state index >= 15 is 0 Å². The van der Waals surface area contributed by atoms with Crippen LogP contribution in [-0.2, 0) is 6.42 Å². The lowest BCUT2D eigenvalue weighted by atomic mass is 9.99. The highest BCUT2D eigenvalue weighted by Gasteiger charge is 2.13. The lowest BCUT2D eigenvalue weighted by molar-refractivity contribution is 0.0992. The van der Waals surface area contributed by atoms with Crippen LogP contribution >= 0.6 is 34.8 Å². The number of rotatable bonds is 3. The molecule has 1 nitrogen and oxygen atoms in total. The summed E-state index contributed by atoms with van der Waals surface area (Å²) >= 11 is 17.9. The number of carbonyl (C=O) groups excluding carboxylic acids is 1. The zero-order valence-corrected chi connectivity index (χ0v) is 12.5. The largest absolute Gasteiger partial charge is 0.294 e. The first-order valence-corrected chi connectivity index (χ1v) is 6.84. The van der Waals surface area contributed by atoms with Gasteiger partial charge in [-0.25, -0.2) is 0 Å². The van der Waals surface area contributed by atoms with Crippen molar-refractivity contribution in [2.75, 3.05) is 0 Å². The Kier molecular flexibility index (Phi) is 4.51. The second-order valence-electron chi connectivity index (χ2n) is 4.29. The average molecular weight is 314 g/mol. The van der Waals surface area contributed by atoms with Crippen LogP contribution in [0.15, 0.2) is 36.4 Å². The molecule has 0 heterocycles. The highest BCUT2D eigenvalue weighted by atomic mass is 35.5. The topological polar surface area (TPSA) is 17.1 Å². The summed E-state index contributed by atoms with van der Waals surface area (Å²) in [5, 5.41) is 1.65. The molecular formula is C15H11Cl3O. The SMILES string of the molecule is Cc1ccc(Cl)cc1C(=O)Cc1cc(Cl)ccc1Cl. The molecule has 0 spiro atoms. The number of aryl methyl sites for hydroxylation is 1. The standard InChI is InChI=1S/C15H11Cl3O/c1-9-2-3-12(17)8-13(9)15(19)7-10-6-11(16)4-5-14(10)18/h2-6,8H,7H2,1H3. The molecule has 0 atom stereocenters. The first-order chi connectivity index (χ1) is 8.97. The maximum atomic E-state index is 12.3. The van der Waals surface area contributed by atoms with E-state index in [1.165, 1.54) is 0 Å². The molecule has 0 aliphatic heterocycles. The summed E-state index contributed by atoms with van der Waals surface area (Å²) < 4.78 is 0. The molecule has 0 bridgehead atoms. The van der Waals surface area contributed by atoms with Crippen LogP contribution in [0.1, 0.15) is 21.5 Å². The first kappa shape index (κ1) is 14.4. The number of carbonyl (C=O) groups is 1. The van der Waals surface area contributed by atoms with E-state index in [-0.39, 0.29) is 12.2 Å². The quantitative estimate of drug-likeness (QED) is 0.695. The number of benzene rings is 2. The fourth-order valence-electron chi connectivity index (χ4n) is 1.84. The molecule has 0 saturated carbocycles. The van der Waals surface area contributed by atoms with Gasteiger partial charge in [-0.05, 0) is 48.4 Å². The minimum Gasteiger partial charge on any atom is -0.294 e. The van der Waals surface area contributed by atoms with Crippen molar-refractivity contribution in [1.82, 2.24) is 0 Å². The van der Waals surface area contributed by atoms with Crippen LogP contribution in [0.2, 0.25) is 15.1 Å². The summed E-state index contributed by atoms with van der Waals surface area (Å²) in [4.78, 5) is 12.3. The molecule has 98 valence electrons. The van der Waals surface area contributed by atoms with Crippen LogP contribution in [-0.4, -0.2) is 5.78 Å². The van der Waals surface area contributed by atoms with Crippen molar-refractivity contribution in [3.8, 4) is 0 Å². The summed E-state index contributed by atoms with van der Waals surface area (Å²) in [6, 6.07) is 10.4. The zero-order valence-electron chi connectivity index (χ0n) is 10.2. The van der Waals surface area contributed by atoms with Gasteiger partial charge in [0.05, 0.1) is 0 Å². The Morgan fingerprint density at radius 3 is 2.37 bits per heavy atom. The van der Waals surface area contributed by atoms with E-state index in [1.807, 2.05) is 13.0 Å². The van der Waals surface area contributed by atoms with Gasteiger partial charge in [-0.2, -0.15) is 0 Å². The van der Waals surface area contributed by atoms with Gasteiger partial charge in [0, 0.05) is 27.1 Å². The number of hydrogen-bond donors (Lipinski definition) is 0. The predicted octanol–water partition coefficient (Wildman–Crippen LogP) is 5.38. The van der Waals surface area contributed by atoms with E-state index in [9.17, 15) is 4.79 Å². The molecule has 0 aliphatic carbocycles. The van der Waals surface area contributed by atoms with Crippen LogP contribution in [0.3, 0.4) is 0 Å². The summed E-state index contributed by atoms with van der Waals surface area (Å²) in [7, 11) is 0. The highest BCUT2D eigenvalue weighted by Crippen LogP contribution is 2.23. The van der Waals surface area contributed by atoms with E-state index in [1.54, 1.807) is 30.3 Å². The van der Waals surface area contributed by atoms with Gasteiger partial charge in [-0.1, -0.05) is 40.9 Å². The number of hydrogen-bond acceptors (Lipinski definition) is 1. The molecule has 0 aliphatic rings. The normalized spacial score (nSPS) is 10.5. The maximum Gasteiger partial charge on any atom is 0.167 e. The van der Waals surface area contributed by atoms with Crippen molar-refractivity contribution < 1.29 is 4.79 Å². The molecule has 4 heteroatoms. The monoisotopic (exact) mass is 312 g/mol. The molecule has 0 unspecified atom stereocenters. The van der Waals surface area contributed by atoms with Crippen molar-refractivity contribution in [2.45, 2.75) is 13.3 Å². The molecule has 0 fully saturated rings. The Bertz CT molecular complexity index is 635. The number of ketones is 1. The summed E-state index contributed by atoms with van der Waals surface area (Å²) in [5.74, 6) is -0.0239. The smallest absolute Gasteiger partial charge is 0.167 e. The van der Waals surface area contributed by atoms with Crippen LogP contribution < -0.4 is 0 Å². The van der Waals surface area contributed by atoms with Gasteiger partial charge in [0.25, 0.3) is 0 Å².